The minimum Gasteiger partial charge on any atom is -0.261 e. The first kappa shape index (κ1) is 12.3. The van der Waals surface area contributed by atoms with Crippen LogP contribution in [0.5, 0.6) is 0 Å². The Morgan fingerprint density at radius 1 is 1.18 bits per heavy atom. The molecule has 0 fully saturated rings. The number of hydrogen-bond donors (Lipinski definition) is 0. The monoisotopic (exact) mass is 229 g/mol. The molecule has 0 unspecified atom stereocenters. The number of hydrogen-bond acceptors (Lipinski definition) is 1. The summed E-state index contributed by atoms with van der Waals surface area (Å²) in [5.74, 6) is 0.777. The molecule has 0 N–H and O–H groups in total. The van der Waals surface area contributed by atoms with Gasteiger partial charge in [0.2, 0.25) is 0 Å². The second kappa shape index (κ2) is 6.58. The summed E-state index contributed by atoms with van der Waals surface area (Å²) in [4.78, 5) is 4.40. The van der Waals surface area contributed by atoms with Gasteiger partial charge in [0.05, 0.1) is 0 Å². The van der Waals surface area contributed by atoms with Gasteiger partial charge in [0.1, 0.15) is 0 Å². The molecule has 0 amide bonds. The van der Waals surface area contributed by atoms with Gasteiger partial charge in [-0.25, -0.2) is 0 Å². The van der Waals surface area contributed by atoms with Crippen molar-refractivity contribution in [2.24, 2.45) is 5.92 Å². The summed E-state index contributed by atoms with van der Waals surface area (Å²) in [6.07, 6.45) is 13.5. The van der Waals surface area contributed by atoms with Crippen LogP contribution in [0.3, 0.4) is 0 Å². The predicted molar refractivity (Wildman–Crippen MR) is 72.9 cm³/mol. The Bertz CT molecular complexity index is 353. The molecule has 17 heavy (non-hydrogen) atoms. The van der Waals surface area contributed by atoms with Gasteiger partial charge in [-0.05, 0) is 50.2 Å². The molecule has 1 aromatic heterocycles. The summed E-state index contributed by atoms with van der Waals surface area (Å²) in [5.41, 5.74) is 2.89. The first-order valence-corrected chi connectivity index (χ1v) is 6.95. The Balaban J connectivity index is 1.92. The molecular formula is C16H23N. The molecule has 1 aromatic rings. The van der Waals surface area contributed by atoms with Gasteiger partial charge in [0.25, 0.3) is 0 Å². The van der Waals surface area contributed by atoms with Crippen molar-refractivity contribution in [1.82, 2.24) is 4.98 Å². The number of nitrogens with zero attached hydrogens (tertiary/aromatic N) is 1. The number of pyridine rings is 1. The summed E-state index contributed by atoms with van der Waals surface area (Å²) in [6.45, 7) is 2.38. The van der Waals surface area contributed by atoms with Gasteiger partial charge in [-0.2, -0.15) is 0 Å². The second-order valence-corrected chi connectivity index (χ2v) is 5.14. The van der Waals surface area contributed by atoms with Crippen LogP contribution in [0.4, 0.5) is 0 Å². The van der Waals surface area contributed by atoms with Crippen LogP contribution in [0.2, 0.25) is 0 Å². The number of aromatic nitrogens is 1. The van der Waals surface area contributed by atoms with Crippen LogP contribution in [0, 0.1) is 5.92 Å². The lowest BCUT2D eigenvalue weighted by Gasteiger charge is -2.18. The van der Waals surface area contributed by atoms with Gasteiger partial charge in [-0.1, -0.05) is 37.5 Å². The smallest absolute Gasteiger partial charge is 0.0406 e. The molecule has 2 rings (SSSR count). The molecule has 0 aromatic carbocycles. The van der Waals surface area contributed by atoms with Crippen LogP contribution in [0.1, 0.15) is 51.1 Å². The fourth-order valence-corrected chi connectivity index (χ4v) is 2.61. The first-order valence-electron chi connectivity index (χ1n) is 6.95. The molecule has 0 aliphatic heterocycles. The molecule has 1 aliphatic carbocycles. The zero-order valence-electron chi connectivity index (χ0n) is 10.9. The fraction of sp³-hybridized carbons (Fsp3) is 0.562. The van der Waals surface area contributed by atoms with Crippen molar-refractivity contribution in [3.63, 3.8) is 0 Å². The van der Waals surface area contributed by atoms with Gasteiger partial charge < -0.3 is 0 Å². The van der Waals surface area contributed by atoms with Crippen molar-refractivity contribution in [3.05, 3.63) is 41.7 Å². The summed E-state index contributed by atoms with van der Waals surface area (Å²) in [7, 11) is 0. The van der Waals surface area contributed by atoms with Crippen molar-refractivity contribution in [2.45, 2.75) is 51.9 Å². The highest BCUT2D eigenvalue weighted by Crippen LogP contribution is 2.26. The zero-order chi connectivity index (χ0) is 11.9. The maximum atomic E-state index is 4.40. The highest BCUT2D eigenvalue weighted by Gasteiger charge is 2.11. The zero-order valence-corrected chi connectivity index (χ0v) is 10.9. The molecule has 0 radical (unpaired) electrons. The van der Waals surface area contributed by atoms with Crippen LogP contribution < -0.4 is 0 Å². The van der Waals surface area contributed by atoms with E-state index in [1.807, 2.05) is 12.3 Å². The molecule has 1 heteroatoms. The van der Waals surface area contributed by atoms with E-state index in [0.717, 1.165) is 12.3 Å². The lowest BCUT2D eigenvalue weighted by atomic mass is 9.88. The molecule has 1 aliphatic rings. The quantitative estimate of drug-likeness (QED) is 0.693. The Morgan fingerprint density at radius 2 is 2.12 bits per heavy atom. The van der Waals surface area contributed by atoms with Crippen molar-refractivity contribution in [3.8, 4) is 0 Å². The molecule has 0 spiro atoms. The van der Waals surface area contributed by atoms with E-state index in [0.29, 0.717) is 0 Å². The average molecular weight is 229 g/mol. The SMILES string of the molecule is C[C@@H]1CCCCC/C=C/1CCc1ccccn1. The van der Waals surface area contributed by atoms with Gasteiger partial charge in [-0.3, -0.25) is 4.98 Å². The van der Waals surface area contributed by atoms with E-state index >= 15 is 0 Å². The van der Waals surface area contributed by atoms with Gasteiger partial charge in [0.15, 0.2) is 0 Å². The Hall–Kier alpha value is -1.11. The number of rotatable bonds is 3. The highest BCUT2D eigenvalue weighted by molar-refractivity contribution is 5.11. The van der Waals surface area contributed by atoms with Crippen LogP contribution in [0.25, 0.3) is 0 Å². The van der Waals surface area contributed by atoms with E-state index in [2.05, 4.69) is 30.1 Å². The van der Waals surface area contributed by atoms with Crippen molar-refractivity contribution >= 4 is 0 Å². The second-order valence-electron chi connectivity index (χ2n) is 5.14. The highest BCUT2D eigenvalue weighted by atomic mass is 14.7. The van der Waals surface area contributed by atoms with Crippen LogP contribution in [0.15, 0.2) is 36.0 Å². The van der Waals surface area contributed by atoms with Gasteiger partial charge in [-0.15, -0.1) is 0 Å². The van der Waals surface area contributed by atoms with Gasteiger partial charge >= 0.3 is 0 Å². The molecule has 0 bridgehead atoms. The molecular weight excluding hydrogens is 206 g/mol. The minimum atomic E-state index is 0.777. The van der Waals surface area contributed by atoms with E-state index < -0.39 is 0 Å². The van der Waals surface area contributed by atoms with E-state index in [1.165, 1.54) is 44.2 Å². The third-order valence-corrected chi connectivity index (χ3v) is 3.78. The Kier molecular flexibility index (Phi) is 4.78. The van der Waals surface area contributed by atoms with E-state index in [-0.39, 0.29) is 0 Å². The predicted octanol–water partition coefficient (Wildman–Crippen LogP) is 4.54. The Labute approximate surface area is 105 Å². The van der Waals surface area contributed by atoms with Crippen molar-refractivity contribution in [2.75, 3.05) is 0 Å². The standard InChI is InChI=1S/C16H23N/c1-14-8-4-2-3-5-9-15(14)11-12-16-10-6-7-13-17-16/h6-7,9-10,13-14H,2-5,8,11-12H2,1H3/b15-9+/t14-/m1/s1. The maximum absolute atomic E-state index is 4.40. The van der Waals surface area contributed by atoms with E-state index in [9.17, 15) is 0 Å². The summed E-state index contributed by atoms with van der Waals surface area (Å²) >= 11 is 0. The summed E-state index contributed by atoms with van der Waals surface area (Å²) in [6, 6.07) is 6.20. The number of allylic oxidation sites excluding steroid dienone is 2. The summed E-state index contributed by atoms with van der Waals surface area (Å²) < 4.78 is 0. The normalized spacial score (nSPS) is 24.5. The third kappa shape index (κ3) is 3.99. The maximum Gasteiger partial charge on any atom is 0.0406 e. The summed E-state index contributed by atoms with van der Waals surface area (Å²) in [5, 5.41) is 0. The molecule has 92 valence electrons. The van der Waals surface area contributed by atoms with Crippen LogP contribution >= 0.6 is 0 Å². The lowest BCUT2D eigenvalue weighted by molar-refractivity contribution is 0.514. The number of aryl methyl sites for hydroxylation is 1. The largest absolute Gasteiger partial charge is 0.261 e. The average Bonchev–Trinajstić information content (AvgIpc) is 2.35. The van der Waals surface area contributed by atoms with Crippen LogP contribution in [-0.4, -0.2) is 4.98 Å². The van der Waals surface area contributed by atoms with E-state index in [1.54, 1.807) is 5.57 Å². The molecule has 1 atom stereocenters. The minimum absolute atomic E-state index is 0.777. The molecule has 1 heterocycles. The van der Waals surface area contributed by atoms with E-state index in [4.69, 9.17) is 0 Å². The van der Waals surface area contributed by atoms with Crippen LogP contribution in [-0.2, 0) is 6.42 Å². The molecule has 0 saturated carbocycles. The van der Waals surface area contributed by atoms with Crippen molar-refractivity contribution in [1.29, 1.82) is 0 Å². The molecule has 0 saturated heterocycles. The third-order valence-electron chi connectivity index (χ3n) is 3.78. The van der Waals surface area contributed by atoms with Crippen molar-refractivity contribution < 1.29 is 0 Å². The fourth-order valence-electron chi connectivity index (χ4n) is 2.61. The Morgan fingerprint density at radius 3 is 2.94 bits per heavy atom. The topological polar surface area (TPSA) is 12.9 Å². The lowest BCUT2D eigenvalue weighted by Crippen LogP contribution is -2.04. The molecule has 1 nitrogen and oxygen atoms in total. The first-order chi connectivity index (χ1) is 8.36. The van der Waals surface area contributed by atoms with Gasteiger partial charge in [0, 0.05) is 11.9 Å².